The number of ether oxygens (including phenoxy) is 1. The molecule has 0 N–H and O–H groups in total. The third-order valence-electron chi connectivity index (χ3n) is 1.69. The van der Waals surface area contributed by atoms with Crippen molar-refractivity contribution in [3.63, 3.8) is 0 Å². The molecule has 14 heavy (non-hydrogen) atoms. The fraction of sp³-hybridized carbons (Fsp3) is 0.273. The van der Waals surface area contributed by atoms with Gasteiger partial charge in [-0.1, -0.05) is 6.58 Å². The summed E-state index contributed by atoms with van der Waals surface area (Å²) in [7, 11) is 0. The molecule has 0 aliphatic carbocycles. The van der Waals surface area contributed by atoms with E-state index >= 15 is 0 Å². The molecule has 0 saturated carbocycles. The topological polar surface area (TPSA) is 9.23 Å². The molecule has 0 spiro atoms. The van der Waals surface area contributed by atoms with Gasteiger partial charge in [0, 0.05) is 6.07 Å². The lowest BCUT2D eigenvalue weighted by molar-refractivity contribution is 0.345. The van der Waals surface area contributed by atoms with E-state index in [2.05, 4.69) is 6.58 Å². The Labute approximate surface area is 82.0 Å². The molecule has 0 heterocycles. The first-order valence-corrected chi connectivity index (χ1v) is 4.23. The lowest BCUT2D eigenvalue weighted by atomic mass is 10.2. The van der Waals surface area contributed by atoms with E-state index in [1.54, 1.807) is 13.8 Å². The number of hydrogen-bond donors (Lipinski definition) is 0. The number of hydrogen-bond acceptors (Lipinski definition) is 1. The van der Waals surface area contributed by atoms with Gasteiger partial charge in [0.15, 0.2) is 11.6 Å². The molecular weight excluding hydrogens is 186 g/mol. The Bertz CT molecular complexity index is 359. The summed E-state index contributed by atoms with van der Waals surface area (Å²) >= 11 is 0. The summed E-state index contributed by atoms with van der Waals surface area (Å²) in [6.07, 6.45) is 0. The van der Waals surface area contributed by atoms with Crippen molar-refractivity contribution in [1.82, 2.24) is 0 Å². The third-order valence-corrected chi connectivity index (χ3v) is 1.69. The number of halogens is 2. The minimum atomic E-state index is -0.896. The van der Waals surface area contributed by atoms with Crippen LogP contribution in [0.5, 0.6) is 5.75 Å². The molecule has 0 aromatic heterocycles. The summed E-state index contributed by atoms with van der Waals surface area (Å²) < 4.78 is 30.7. The summed E-state index contributed by atoms with van der Waals surface area (Å²) in [4.78, 5) is 0. The number of aryl methyl sites for hydroxylation is 1. The zero-order valence-electron chi connectivity index (χ0n) is 8.23. The molecule has 1 nitrogen and oxygen atoms in total. The third kappa shape index (κ3) is 2.55. The Morgan fingerprint density at radius 2 is 1.93 bits per heavy atom. The SMILES string of the molecule is C=C(C)COc1cc(F)c(F)cc1C. The fourth-order valence-corrected chi connectivity index (χ4v) is 0.984. The molecular formula is C11H12F2O. The van der Waals surface area contributed by atoms with E-state index < -0.39 is 11.6 Å². The van der Waals surface area contributed by atoms with Gasteiger partial charge in [-0.2, -0.15) is 0 Å². The summed E-state index contributed by atoms with van der Waals surface area (Å²) in [6, 6.07) is 2.16. The quantitative estimate of drug-likeness (QED) is 0.677. The van der Waals surface area contributed by atoms with Crippen molar-refractivity contribution in [2.24, 2.45) is 0 Å². The molecule has 0 unspecified atom stereocenters. The van der Waals surface area contributed by atoms with Gasteiger partial charge in [-0.25, -0.2) is 8.78 Å². The van der Waals surface area contributed by atoms with Crippen LogP contribution in [0.15, 0.2) is 24.3 Å². The predicted molar refractivity (Wildman–Crippen MR) is 51.4 cm³/mol. The molecule has 0 aliphatic rings. The van der Waals surface area contributed by atoms with E-state index in [4.69, 9.17) is 4.74 Å². The lowest BCUT2D eigenvalue weighted by Gasteiger charge is -2.09. The minimum Gasteiger partial charge on any atom is -0.489 e. The van der Waals surface area contributed by atoms with Crippen molar-refractivity contribution in [2.45, 2.75) is 13.8 Å². The highest BCUT2D eigenvalue weighted by Gasteiger charge is 2.07. The van der Waals surface area contributed by atoms with Gasteiger partial charge < -0.3 is 4.74 Å². The molecule has 1 aromatic carbocycles. The monoisotopic (exact) mass is 198 g/mol. The average molecular weight is 198 g/mol. The van der Waals surface area contributed by atoms with E-state index in [1.165, 1.54) is 0 Å². The summed E-state index contributed by atoms with van der Waals surface area (Å²) in [5.74, 6) is -1.40. The molecule has 1 rings (SSSR count). The number of benzene rings is 1. The zero-order valence-corrected chi connectivity index (χ0v) is 8.23. The maximum Gasteiger partial charge on any atom is 0.162 e. The maximum absolute atomic E-state index is 12.8. The first-order valence-electron chi connectivity index (χ1n) is 4.23. The summed E-state index contributed by atoms with van der Waals surface area (Å²) in [5, 5.41) is 0. The lowest BCUT2D eigenvalue weighted by Crippen LogP contribution is -2.00. The highest BCUT2D eigenvalue weighted by molar-refractivity contribution is 5.33. The Morgan fingerprint density at radius 1 is 1.36 bits per heavy atom. The van der Waals surface area contributed by atoms with E-state index in [-0.39, 0.29) is 0 Å². The summed E-state index contributed by atoms with van der Waals surface area (Å²) in [5.41, 5.74) is 1.40. The van der Waals surface area contributed by atoms with Gasteiger partial charge in [-0.15, -0.1) is 0 Å². The molecule has 0 radical (unpaired) electrons. The largest absolute Gasteiger partial charge is 0.489 e. The van der Waals surface area contributed by atoms with Crippen LogP contribution in [0.4, 0.5) is 8.78 Å². The Morgan fingerprint density at radius 3 is 2.50 bits per heavy atom. The molecule has 1 aromatic rings. The Hall–Kier alpha value is -1.38. The van der Waals surface area contributed by atoms with E-state index in [9.17, 15) is 8.78 Å². The number of rotatable bonds is 3. The van der Waals surface area contributed by atoms with Crippen LogP contribution in [0.25, 0.3) is 0 Å². The van der Waals surface area contributed by atoms with Gasteiger partial charge in [0.25, 0.3) is 0 Å². The molecule has 0 saturated heterocycles. The van der Waals surface area contributed by atoms with E-state index in [0.717, 1.165) is 17.7 Å². The Kier molecular flexibility index (Phi) is 3.23. The second kappa shape index (κ2) is 4.22. The molecule has 0 fully saturated rings. The predicted octanol–water partition coefficient (Wildman–Crippen LogP) is 3.23. The second-order valence-corrected chi connectivity index (χ2v) is 3.28. The van der Waals surface area contributed by atoms with Crippen LogP contribution in [-0.2, 0) is 0 Å². The maximum atomic E-state index is 12.8. The molecule has 0 amide bonds. The molecule has 76 valence electrons. The van der Waals surface area contributed by atoms with Crippen molar-refractivity contribution >= 4 is 0 Å². The van der Waals surface area contributed by atoms with E-state index in [0.29, 0.717) is 17.9 Å². The summed E-state index contributed by atoms with van der Waals surface area (Å²) in [6.45, 7) is 7.42. The smallest absolute Gasteiger partial charge is 0.162 e. The highest BCUT2D eigenvalue weighted by atomic mass is 19.2. The van der Waals surface area contributed by atoms with Crippen LogP contribution < -0.4 is 4.74 Å². The first kappa shape index (κ1) is 10.7. The van der Waals surface area contributed by atoms with Crippen LogP contribution in [0.1, 0.15) is 12.5 Å². The van der Waals surface area contributed by atoms with Crippen molar-refractivity contribution in [2.75, 3.05) is 6.61 Å². The fourth-order valence-electron chi connectivity index (χ4n) is 0.984. The van der Waals surface area contributed by atoms with Crippen LogP contribution >= 0.6 is 0 Å². The molecule has 0 atom stereocenters. The van der Waals surface area contributed by atoms with Gasteiger partial charge in [0.2, 0.25) is 0 Å². The van der Waals surface area contributed by atoms with Gasteiger partial charge in [0.05, 0.1) is 0 Å². The van der Waals surface area contributed by atoms with Gasteiger partial charge in [-0.05, 0) is 31.1 Å². The Balaban J connectivity index is 2.87. The van der Waals surface area contributed by atoms with Crippen molar-refractivity contribution < 1.29 is 13.5 Å². The average Bonchev–Trinajstić information content (AvgIpc) is 2.09. The van der Waals surface area contributed by atoms with Crippen LogP contribution in [0.3, 0.4) is 0 Å². The van der Waals surface area contributed by atoms with E-state index in [1.807, 2.05) is 0 Å². The second-order valence-electron chi connectivity index (χ2n) is 3.28. The van der Waals surface area contributed by atoms with Gasteiger partial charge in [0.1, 0.15) is 12.4 Å². The van der Waals surface area contributed by atoms with Crippen LogP contribution in [0, 0.1) is 18.6 Å². The standard InChI is InChI=1S/C11H12F2O/c1-7(2)6-14-11-5-10(13)9(12)4-8(11)3/h4-5H,1,6H2,2-3H3. The highest BCUT2D eigenvalue weighted by Crippen LogP contribution is 2.21. The first-order chi connectivity index (χ1) is 6.50. The van der Waals surface area contributed by atoms with Gasteiger partial charge in [-0.3, -0.25) is 0 Å². The molecule has 0 aliphatic heterocycles. The van der Waals surface area contributed by atoms with Gasteiger partial charge >= 0.3 is 0 Å². The minimum absolute atomic E-state index is 0.311. The van der Waals surface area contributed by atoms with Crippen molar-refractivity contribution in [3.8, 4) is 5.75 Å². The molecule has 0 bridgehead atoms. The zero-order chi connectivity index (χ0) is 10.7. The van der Waals surface area contributed by atoms with Crippen LogP contribution in [-0.4, -0.2) is 6.61 Å². The normalized spacial score (nSPS) is 10.0. The van der Waals surface area contributed by atoms with Crippen molar-refractivity contribution in [1.29, 1.82) is 0 Å². The van der Waals surface area contributed by atoms with Crippen molar-refractivity contribution in [3.05, 3.63) is 41.5 Å². The van der Waals surface area contributed by atoms with Crippen LogP contribution in [0.2, 0.25) is 0 Å². The molecule has 3 heteroatoms.